The maximum absolute atomic E-state index is 11.8. The Morgan fingerprint density at radius 1 is 1.19 bits per heavy atom. The largest absolute Gasteiger partial charge is 0.480 e. The highest BCUT2D eigenvalue weighted by atomic mass is 79.9. The Bertz CT molecular complexity index is 521. The summed E-state index contributed by atoms with van der Waals surface area (Å²) in [5.41, 5.74) is 0.440. The Hall–Kier alpha value is -1.93. The number of amides is 2. The van der Waals surface area contributed by atoms with E-state index in [0.29, 0.717) is 10.0 Å². The van der Waals surface area contributed by atoms with Gasteiger partial charge in [0.1, 0.15) is 6.61 Å². The van der Waals surface area contributed by atoms with Crippen LogP contribution in [0.2, 0.25) is 0 Å². The molecule has 0 saturated carbocycles. The molecule has 0 saturated heterocycles. The Labute approximate surface area is 129 Å². The lowest BCUT2D eigenvalue weighted by Gasteiger charge is -2.08. The van der Waals surface area contributed by atoms with Gasteiger partial charge in [-0.25, -0.2) is 4.79 Å². The predicted octanol–water partition coefficient (Wildman–Crippen LogP) is 0.396. The van der Waals surface area contributed by atoms with Crippen LogP contribution >= 0.6 is 15.9 Å². The van der Waals surface area contributed by atoms with Crippen molar-refractivity contribution in [2.75, 3.05) is 26.3 Å². The zero-order valence-electron chi connectivity index (χ0n) is 11.1. The number of ether oxygens (including phenoxy) is 1. The molecule has 21 heavy (non-hydrogen) atoms. The summed E-state index contributed by atoms with van der Waals surface area (Å²) in [5.74, 6) is -1.81. The molecule has 2 amide bonds. The lowest BCUT2D eigenvalue weighted by molar-refractivity contribution is -0.142. The predicted molar refractivity (Wildman–Crippen MR) is 77.9 cm³/mol. The van der Waals surface area contributed by atoms with Gasteiger partial charge in [-0.05, 0) is 28.1 Å². The maximum Gasteiger partial charge on any atom is 0.329 e. The van der Waals surface area contributed by atoms with Crippen molar-refractivity contribution in [3.05, 3.63) is 34.3 Å². The number of carbonyl (C=O) groups excluding carboxylic acids is 2. The number of benzene rings is 1. The van der Waals surface area contributed by atoms with E-state index in [0.717, 1.165) is 0 Å². The summed E-state index contributed by atoms with van der Waals surface area (Å²) in [6.07, 6.45) is 0. The van der Waals surface area contributed by atoms with Gasteiger partial charge in [0.15, 0.2) is 0 Å². The number of nitrogens with one attached hydrogen (secondary N) is 2. The second kappa shape index (κ2) is 9.09. The molecule has 7 nitrogen and oxygen atoms in total. The van der Waals surface area contributed by atoms with Crippen molar-refractivity contribution in [3.63, 3.8) is 0 Å². The lowest BCUT2D eigenvalue weighted by atomic mass is 10.2. The molecule has 0 atom stereocenters. The zero-order valence-corrected chi connectivity index (χ0v) is 12.7. The second-order valence-electron chi connectivity index (χ2n) is 3.96. The number of carboxylic acids is 1. The number of carbonyl (C=O) groups is 3. The minimum atomic E-state index is -1.07. The smallest absolute Gasteiger partial charge is 0.329 e. The standard InChI is InChI=1S/C13H15BrN2O5/c14-10-4-2-1-3-9(10)13(20)16-7-11(17)15-5-6-21-8-12(18)19/h1-4H,5-8H2,(H,15,17)(H,16,20)(H,18,19). The van der Waals surface area contributed by atoms with E-state index in [9.17, 15) is 14.4 Å². The topological polar surface area (TPSA) is 105 Å². The molecule has 8 heteroatoms. The summed E-state index contributed by atoms with van der Waals surface area (Å²) in [5, 5.41) is 13.3. The Balaban J connectivity index is 2.22. The van der Waals surface area contributed by atoms with Crippen LogP contribution in [-0.4, -0.2) is 49.2 Å². The first-order valence-electron chi connectivity index (χ1n) is 6.09. The average molecular weight is 359 g/mol. The fourth-order valence-electron chi connectivity index (χ4n) is 1.39. The molecule has 0 radical (unpaired) electrons. The van der Waals surface area contributed by atoms with Crippen LogP contribution in [0.15, 0.2) is 28.7 Å². The minimum absolute atomic E-state index is 0.0935. The van der Waals surface area contributed by atoms with Gasteiger partial charge in [0.25, 0.3) is 5.91 Å². The number of rotatable bonds is 8. The van der Waals surface area contributed by atoms with Gasteiger partial charge in [0.05, 0.1) is 18.7 Å². The third-order valence-corrected chi connectivity index (χ3v) is 3.01. The molecule has 0 aliphatic rings. The van der Waals surface area contributed by atoms with Crippen molar-refractivity contribution in [2.24, 2.45) is 0 Å². The molecule has 0 heterocycles. The number of hydrogen-bond donors (Lipinski definition) is 3. The van der Waals surface area contributed by atoms with E-state index in [2.05, 4.69) is 26.6 Å². The van der Waals surface area contributed by atoms with Crippen LogP contribution in [0, 0.1) is 0 Å². The summed E-state index contributed by atoms with van der Waals surface area (Å²) in [7, 11) is 0. The monoisotopic (exact) mass is 358 g/mol. The van der Waals surface area contributed by atoms with E-state index in [1.165, 1.54) is 0 Å². The normalized spacial score (nSPS) is 9.95. The van der Waals surface area contributed by atoms with E-state index >= 15 is 0 Å². The molecule has 0 aliphatic heterocycles. The van der Waals surface area contributed by atoms with Gasteiger partial charge in [-0.1, -0.05) is 12.1 Å². The molecular weight excluding hydrogens is 344 g/mol. The van der Waals surface area contributed by atoms with Crippen LogP contribution in [0.1, 0.15) is 10.4 Å². The second-order valence-corrected chi connectivity index (χ2v) is 4.81. The van der Waals surface area contributed by atoms with Gasteiger partial charge in [0.2, 0.25) is 5.91 Å². The third-order valence-electron chi connectivity index (χ3n) is 2.32. The molecular formula is C13H15BrN2O5. The van der Waals surface area contributed by atoms with E-state index in [1.54, 1.807) is 24.3 Å². The van der Waals surface area contributed by atoms with Gasteiger partial charge in [0, 0.05) is 11.0 Å². The van der Waals surface area contributed by atoms with Crippen molar-refractivity contribution in [1.82, 2.24) is 10.6 Å². The molecule has 0 bridgehead atoms. The van der Waals surface area contributed by atoms with Gasteiger partial charge in [-0.3, -0.25) is 9.59 Å². The summed E-state index contributed by atoms with van der Waals surface area (Å²) in [6.45, 7) is -0.305. The van der Waals surface area contributed by atoms with Crippen LogP contribution in [0.3, 0.4) is 0 Å². The average Bonchev–Trinajstić information content (AvgIpc) is 2.44. The molecule has 1 aromatic carbocycles. The summed E-state index contributed by atoms with van der Waals surface area (Å²) < 4.78 is 5.39. The van der Waals surface area contributed by atoms with Crippen LogP contribution < -0.4 is 10.6 Å². The summed E-state index contributed by atoms with van der Waals surface area (Å²) in [6, 6.07) is 6.87. The van der Waals surface area contributed by atoms with E-state index in [-0.39, 0.29) is 31.5 Å². The zero-order chi connectivity index (χ0) is 15.7. The van der Waals surface area contributed by atoms with Gasteiger partial charge < -0.3 is 20.5 Å². The summed E-state index contributed by atoms with van der Waals surface area (Å²) in [4.78, 5) is 33.4. The van der Waals surface area contributed by atoms with E-state index in [1.807, 2.05) is 0 Å². The van der Waals surface area contributed by atoms with Crippen molar-refractivity contribution in [1.29, 1.82) is 0 Å². The van der Waals surface area contributed by atoms with Crippen molar-refractivity contribution < 1.29 is 24.2 Å². The molecule has 0 spiro atoms. The SMILES string of the molecule is O=C(O)COCCNC(=O)CNC(=O)c1ccccc1Br. The number of halogens is 1. The first kappa shape index (κ1) is 17.1. The van der Waals surface area contributed by atoms with Gasteiger partial charge in [-0.15, -0.1) is 0 Å². The van der Waals surface area contributed by atoms with Crippen LogP contribution in [0.25, 0.3) is 0 Å². The van der Waals surface area contributed by atoms with E-state index in [4.69, 9.17) is 9.84 Å². The molecule has 1 rings (SSSR count). The van der Waals surface area contributed by atoms with Gasteiger partial charge >= 0.3 is 5.97 Å². The minimum Gasteiger partial charge on any atom is -0.480 e. The quantitative estimate of drug-likeness (QED) is 0.583. The maximum atomic E-state index is 11.8. The Kier molecular flexibility index (Phi) is 7.41. The number of aliphatic carboxylic acids is 1. The summed E-state index contributed by atoms with van der Waals surface area (Å²) >= 11 is 3.25. The van der Waals surface area contributed by atoms with Crippen LogP contribution in [-0.2, 0) is 14.3 Å². The van der Waals surface area contributed by atoms with Crippen LogP contribution in [0.5, 0.6) is 0 Å². The van der Waals surface area contributed by atoms with Crippen molar-refractivity contribution in [3.8, 4) is 0 Å². The molecule has 1 aromatic rings. The molecule has 0 aromatic heterocycles. The number of hydrogen-bond acceptors (Lipinski definition) is 4. The fourth-order valence-corrected chi connectivity index (χ4v) is 1.85. The molecule has 0 fully saturated rings. The van der Waals surface area contributed by atoms with Crippen molar-refractivity contribution >= 4 is 33.7 Å². The van der Waals surface area contributed by atoms with E-state index < -0.39 is 12.6 Å². The van der Waals surface area contributed by atoms with Gasteiger partial charge in [-0.2, -0.15) is 0 Å². The highest BCUT2D eigenvalue weighted by Gasteiger charge is 2.10. The molecule has 3 N–H and O–H groups in total. The molecule has 114 valence electrons. The number of carboxylic acid groups (broad SMARTS) is 1. The third kappa shape index (κ3) is 6.87. The molecule has 0 unspecified atom stereocenters. The first-order valence-corrected chi connectivity index (χ1v) is 6.89. The van der Waals surface area contributed by atoms with Crippen molar-refractivity contribution in [2.45, 2.75) is 0 Å². The molecule has 0 aliphatic carbocycles. The Morgan fingerprint density at radius 2 is 1.90 bits per heavy atom. The van der Waals surface area contributed by atoms with Crippen LogP contribution in [0.4, 0.5) is 0 Å². The Morgan fingerprint density at radius 3 is 2.57 bits per heavy atom. The fraction of sp³-hybridized carbons (Fsp3) is 0.308. The first-order chi connectivity index (χ1) is 10.0. The highest BCUT2D eigenvalue weighted by Crippen LogP contribution is 2.15. The lowest BCUT2D eigenvalue weighted by Crippen LogP contribution is -2.38. The highest BCUT2D eigenvalue weighted by molar-refractivity contribution is 9.10.